The third kappa shape index (κ3) is 3.33. The van der Waals surface area contributed by atoms with Crippen LogP contribution in [-0.2, 0) is 9.53 Å². The van der Waals surface area contributed by atoms with Crippen LogP contribution in [0.3, 0.4) is 0 Å². The van der Waals surface area contributed by atoms with Crippen LogP contribution in [0.15, 0.2) is 60.9 Å². The molecule has 2 aromatic carbocycles. The van der Waals surface area contributed by atoms with Gasteiger partial charge >= 0.3 is 5.97 Å². The van der Waals surface area contributed by atoms with Gasteiger partial charge in [-0.2, -0.15) is 0 Å². The van der Waals surface area contributed by atoms with E-state index in [9.17, 15) is 9.59 Å². The maximum atomic E-state index is 12.0. The van der Waals surface area contributed by atoms with Crippen LogP contribution in [0.2, 0.25) is 0 Å². The summed E-state index contributed by atoms with van der Waals surface area (Å²) in [5.41, 5.74) is 5.62. The van der Waals surface area contributed by atoms with E-state index in [1.807, 2.05) is 24.3 Å². The van der Waals surface area contributed by atoms with Crippen LogP contribution >= 0.6 is 0 Å². The molecular weight excluding hydrogens is 306 g/mol. The number of carbonyl (C=O) groups is 2. The molecule has 0 unspecified atom stereocenters. The number of rotatable bonds is 4. The minimum Gasteiger partial charge on any atom is -0.465 e. The Morgan fingerprint density at radius 2 is 1.88 bits per heavy atom. The lowest BCUT2D eigenvalue weighted by Crippen LogP contribution is -2.19. The Kier molecular flexibility index (Phi) is 4.38. The first-order valence-electron chi connectivity index (χ1n) is 7.27. The molecule has 1 N–H and O–H groups in total. The molecule has 0 aliphatic carbocycles. The number of hydrogen-bond acceptors (Lipinski definition) is 4. The zero-order chi connectivity index (χ0) is 16.9. The van der Waals surface area contributed by atoms with Gasteiger partial charge in [0.2, 0.25) is 0 Å². The van der Waals surface area contributed by atoms with E-state index in [4.69, 9.17) is 0 Å². The molecule has 3 aromatic rings. The summed E-state index contributed by atoms with van der Waals surface area (Å²) in [7, 11) is 1.33. The number of carbonyl (C=O) groups excluding carboxylic acids is 2. The molecule has 0 aliphatic heterocycles. The van der Waals surface area contributed by atoms with Crippen LogP contribution in [0.5, 0.6) is 0 Å². The molecule has 1 amide bonds. The van der Waals surface area contributed by atoms with E-state index >= 15 is 0 Å². The number of para-hydroxylation sites is 2. The van der Waals surface area contributed by atoms with Crippen LogP contribution in [0, 0.1) is 0 Å². The third-order valence-corrected chi connectivity index (χ3v) is 3.44. The van der Waals surface area contributed by atoms with Gasteiger partial charge in [0, 0.05) is 6.08 Å². The zero-order valence-electron chi connectivity index (χ0n) is 13.0. The highest BCUT2D eigenvalue weighted by molar-refractivity contribution is 5.98. The molecule has 1 aromatic heterocycles. The first-order chi connectivity index (χ1) is 11.7. The number of nitrogens with one attached hydrogen (secondary N) is 1. The second-order valence-corrected chi connectivity index (χ2v) is 5.03. The molecule has 0 fully saturated rings. The summed E-state index contributed by atoms with van der Waals surface area (Å²) in [6, 6.07) is 14.3. The largest absolute Gasteiger partial charge is 0.465 e. The van der Waals surface area contributed by atoms with Gasteiger partial charge < -0.3 is 4.74 Å². The molecule has 6 nitrogen and oxygen atoms in total. The van der Waals surface area contributed by atoms with Crippen molar-refractivity contribution in [1.82, 2.24) is 9.66 Å². The maximum absolute atomic E-state index is 12.0. The Bertz CT molecular complexity index is 911. The SMILES string of the molecule is COC(=O)c1ccc(/C=C/C(=O)Nn2cnc3ccccc32)cc1. The van der Waals surface area contributed by atoms with Crippen molar-refractivity contribution in [2.45, 2.75) is 0 Å². The van der Waals surface area contributed by atoms with Crippen molar-refractivity contribution >= 4 is 29.0 Å². The number of hydrogen-bond donors (Lipinski definition) is 1. The molecule has 0 spiro atoms. The number of ether oxygens (including phenoxy) is 1. The average Bonchev–Trinajstić information content (AvgIpc) is 3.03. The third-order valence-electron chi connectivity index (χ3n) is 3.44. The average molecular weight is 321 g/mol. The molecule has 3 rings (SSSR count). The topological polar surface area (TPSA) is 73.2 Å². The number of benzene rings is 2. The number of esters is 1. The van der Waals surface area contributed by atoms with E-state index in [0.29, 0.717) is 5.56 Å². The van der Waals surface area contributed by atoms with Crippen molar-refractivity contribution in [3.63, 3.8) is 0 Å². The summed E-state index contributed by atoms with van der Waals surface area (Å²) in [5.74, 6) is -0.676. The molecule has 24 heavy (non-hydrogen) atoms. The predicted molar refractivity (Wildman–Crippen MR) is 90.9 cm³/mol. The highest BCUT2D eigenvalue weighted by Crippen LogP contribution is 2.10. The summed E-state index contributed by atoms with van der Waals surface area (Å²) >= 11 is 0. The molecule has 0 atom stereocenters. The standard InChI is InChI=1S/C18H15N3O3/c1-24-18(23)14-9-6-13(7-10-14)8-11-17(22)20-21-12-19-15-4-2-3-5-16(15)21/h2-12H,1H3,(H,20,22)/b11-8+. The highest BCUT2D eigenvalue weighted by Gasteiger charge is 2.05. The first-order valence-corrected chi connectivity index (χ1v) is 7.27. The van der Waals surface area contributed by atoms with E-state index in [0.717, 1.165) is 16.6 Å². The Morgan fingerprint density at radius 3 is 2.62 bits per heavy atom. The monoisotopic (exact) mass is 321 g/mol. The minimum absolute atomic E-state index is 0.282. The summed E-state index contributed by atoms with van der Waals surface area (Å²) in [5, 5.41) is 0. The number of aromatic nitrogens is 2. The minimum atomic E-state index is -0.393. The van der Waals surface area contributed by atoms with Gasteiger partial charge in [0.05, 0.1) is 23.7 Å². The quantitative estimate of drug-likeness (QED) is 0.592. The second-order valence-electron chi connectivity index (χ2n) is 5.03. The van der Waals surface area contributed by atoms with Crippen LogP contribution in [0.1, 0.15) is 15.9 Å². The van der Waals surface area contributed by atoms with Crippen molar-refractivity contribution in [2.24, 2.45) is 0 Å². The Morgan fingerprint density at radius 1 is 1.12 bits per heavy atom. The van der Waals surface area contributed by atoms with E-state index < -0.39 is 5.97 Å². The lowest BCUT2D eigenvalue weighted by atomic mass is 10.1. The lowest BCUT2D eigenvalue weighted by molar-refractivity contribution is -0.112. The highest BCUT2D eigenvalue weighted by atomic mass is 16.5. The Balaban J connectivity index is 1.68. The fourth-order valence-corrected chi connectivity index (χ4v) is 2.22. The number of amides is 1. The van der Waals surface area contributed by atoms with Crippen molar-refractivity contribution in [3.05, 3.63) is 72.1 Å². The van der Waals surface area contributed by atoms with Crippen LogP contribution in [-0.4, -0.2) is 28.6 Å². The second kappa shape index (κ2) is 6.78. The number of fused-ring (bicyclic) bond motifs is 1. The molecular formula is C18H15N3O3. The van der Waals surface area contributed by atoms with Gasteiger partial charge in [-0.25, -0.2) is 14.5 Å². The number of methoxy groups -OCH3 is 1. The van der Waals surface area contributed by atoms with Crippen molar-refractivity contribution in [2.75, 3.05) is 12.5 Å². The van der Waals surface area contributed by atoms with E-state index in [1.165, 1.54) is 13.2 Å². The Hall–Kier alpha value is -3.41. The normalized spacial score (nSPS) is 10.9. The smallest absolute Gasteiger partial charge is 0.337 e. The maximum Gasteiger partial charge on any atom is 0.337 e. The fraction of sp³-hybridized carbons (Fsp3) is 0.0556. The van der Waals surface area contributed by atoms with Crippen molar-refractivity contribution in [1.29, 1.82) is 0 Å². The zero-order valence-corrected chi connectivity index (χ0v) is 13.0. The number of nitrogens with zero attached hydrogens (tertiary/aromatic N) is 2. The molecule has 0 saturated heterocycles. The first kappa shape index (κ1) is 15.5. The van der Waals surface area contributed by atoms with Gasteiger partial charge in [0.1, 0.15) is 6.33 Å². The summed E-state index contributed by atoms with van der Waals surface area (Å²) in [6.45, 7) is 0. The van der Waals surface area contributed by atoms with Crippen LogP contribution < -0.4 is 5.43 Å². The van der Waals surface area contributed by atoms with Gasteiger partial charge in [0.25, 0.3) is 5.91 Å². The molecule has 6 heteroatoms. The van der Waals surface area contributed by atoms with Gasteiger partial charge in [-0.05, 0) is 35.9 Å². The molecule has 0 aliphatic rings. The van der Waals surface area contributed by atoms with Gasteiger partial charge in [-0.1, -0.05) is 24.3 Å². The molecule has 1 heterocycles. The summed E-state index contributed by atoms with van der Waals surface area (Å²) in [4.78, 5) is 27.6. The molecule has 120 valence electrons. The van der Waals surface area contributed by atoms with E-state index in [1.54, 1.807) is 41.3 Å². The van der Waals surface area contributed by atoms with Gasteiger partial charge in [-0.15, -0.1) is 0 Å². The van der Waals surface area contributed by atoms with Crippen LogP contribution in [0.25, 0.3) is 17.1 Å². The fourth-order valence-electron chi connectivity index (χ4n) is 2.22. The van der Waals surface area contributed by atoms with Crippen molar-refractivity contribution < 1.29 is 14.3 Å². The summed E-state index contributed by atoms with van der Waals surface area (Å²) in [6.07, 6.45) is 4.64. The van der Waals surface area contributed by atoms with E-state index in [2.05, 4.69) is 15.1 Å². The molecule has 0 radical (unpaired) electrons. The number of imidazole rings is 1. The van der Waals surface area contributed by atoms with Crippen molar-refractivity contribution in [3.8, 4) is 0 Å². The summed E-state index contributed by atoms with van der Waals surface area (Å²) < 4.78 is 6.21. The van der Waals surface area contributed by atoms with E-state index in [-0.39, 0.29) is 5.91 Å². The molecule has 0 bridgehead atoms. The van der Waals surface area contributed by atoms with Gasteiger partial charge in [0.15, 0.2) is 0 Å². The lowest BCUT2D eigenvalue weighted by Gasteiger charge is -2.04. The predicted octanol–water partition coefficient (Wildman–Crippen LogP) is 2.61. The molecule has 0 saturated carbocycles. The Labute approximate surface area is 138 Å². The van der Waals surface area contributed by atoms with Crippen LogP contribution in [0.4, 0.5) is 0 Å². The van der Waals surface area contributed by atoms with Gasteiger partial charge in [-0.3, -0.25) is 10.2 Å².